The number of hydrogen-bond acceptors (Lipinski definition) is 7. The lowest BCUT2D eigenvalue weighted by Gasteiger charge is -2.26. The molecule has 2 rings (SSSR count). The number of methoxy groups -OCH3 is 2. The number of rotatable bonds is 11. The summed E-state index contributed by atoms with van der Waals surface area (Å²) in [6.45, 7) is 5.63. The molecule has 1 fully saturated rings. The molecule has 0 aromatic carbocycles. The second kappa shape index (κ2) is 8.31. The van der Waals surface area contributed by atoms with Crippen LogP contribution in [-0.2, 0) is 16.0 Å². The summed E-state index contributed by atoms with van der Waals surface area (Å²) in [7, 11) is 3.39. The van der Waals surface area contributed by atoms with Crippen molar-refractivity contribution >= 4 is 6.01 Å². The van der Waals surface area contributed by atoms with Crippen molar-refractivity contribution in [2.24, 2.45) is 5.92 Å². The van der Waals surface area contributed by atoms with Crippen molar-refractivity contribution in [3.8, 4) is 0 Å². The molecule has 1 aliphatic rings. The summed E-state index contributed by atoms with van der Waals surface area (Å²) in [5.74, 6) is 1.34. The summed E-state index contributed by atoms with van der Waals surface area (Å²) in [6.07, 6.45) is 2.56. The molecule has 1 heterocycles. The van der Waals surface area contributed by atoms with Crippen LogP contribution in [0.5, 0.6) is 0 Å². The Balaban J connectivity index is 1.90. The first-order valence-corrected chi connectivity index (χ1v) is 7.54. The fourth-order valence-corrected chi connectivity index (χ4v) is 2.30. The Morgan fingerprint density at radius 1 is 1.29 bits per heavy atom. The number of aromatic nitrogens is 2. The second-order valence-corrected chi connectivity index (χ2v) is 5.41. The number of anilines is 1. The highest BCUT2D eigenvalue weighted by atomic mass is 16.5. The third-order valence-corrected chi connectivity index (χ3v) is 3.79. The number of ether oxygens (including phenoxy) is 2. The standard InChI is InChI=1S/C14H26N4O3/c1-11(12-4-5-12)18(7-9-20-3)14-17-16-13(21-14)10-15-6-8-19-2/h11-12,15H,4-10H2,1-3H3. The summed E-state index contributed by atoms with van der Waals surface area (Å²) >= 11 is 0. The van der Waals surface area contributed by atoms with Crippen molar-refractivity contribution in [3.05, 3.63) is 5.89 Å². The van der Waals surface area contributed by atoms with Gasteiger partial charge < -0.3 is 24.1 Å². The summed E-state index contributed by atoms with van der Waals surface area (Å²) in [5.41, 5.74) is 0. The Morgan fingerprint density at radius 3 is 2.71 bits per heavy atom. The van der Waals surface area contributed by atoms with E-state index in [1.54, 1.807) is 14.2 Å². The third-order valence-electron chi connectivity index (χ3n) is 3.79. The molecular weight excluding hydrogens is 272 g/mol. The van der Waals surface area contributed by atoms with Crippen molar-refractivity contribution in [1.29, 1.82) is 0 Å². The molecule has 0 bridgehead atoms. The van der Waals surface area contributed by atoms with Crippen molar-refractivity contribution in [3.63, 3.8) is 0 Å². The maximum Gasteiger partial charge on any atom is 0.318 e. The molecule has 1 N–H and O–H groups in total. The molecule has 7 nitrogen and oxygen atoms in total. The quantitative estimate of drug-likeness (QED) is 0.612. The monoisotopic (exact) mass is 298 g/mol. The van der Waals surface area contributed by atoms with Crippen molar-refractivity contribution < 1.29 is 13.9 Å². The van der Waals surface area contributed by atoms with Crippen LogP contribution in [0.15, 0.2) is 4.42 Å². The van der Waals surface area contributed by atoms with Crippen molar-refractivity contribution in [2.75, 3.05) is 45.4 Å². The molecule has 120 valence electrons. The summed E-state index contributed by atoms with van der Waals surface area (Å²) < 4.78 is 15.9. The van der Waals surface area contributed by atoms with Gasteiger partial charge in [0, 0.05) is 33.4 Å². The minimum atomic E-state index is 0.412. The Kier molecular flexibility index (Phi) is 6.41. The van der Waals surface area contributed by atoms with Crippen LogP contribution in [0.3, 0.4) is 0 Å². The van der Waals surface area contributed by atoms with Gasteiger partial charge in [-0.05, 0) is 25.7 Å². The summed E-state index contributed by atoms with van der Waals surface area (Å²) in [6, 6.07) is 1.00. The van der Waals surface area contributed by atoms with Crippen LogP contribution in [0.4, 0.5) is 6.01 Å². The van der Waals surface area contributed by atoms with E-state index in [-0.39, 0.29) is 0 Å². The molecule has 1 atom stereocenters. The molecule has 0 amide bonds. The van der Waals surface area contributed by atoms with Crippen LogP contribution >= 0.6 is 0 Å². The highest BCUT2D eigenvalue weighted by molar-refractivity contribution is 5.27. The molecule has 0 aliphatic heterocycles. The predicted molar refractivity (Wildman–Crippen MR) is 79.3 cm³/mol. The topological polar surface area (TPSA) is 72.7 Å². The van der Waals surface area contributed by atoms with E-state index in [0.29, 0.717) is 37.7 Å². The number of hydrogen-bond donors (Lipinski definition) is 1. The molecule has 0 saturated heterocycles. The molecular formula is C14H26N4O3. The first-order valence-electron chi connectivity index (χ1n) is 7.54. The lowest BCUT2D eigenvalue weighted by molar-refractivity contribution is 0.197. The Hall–Kier alpha value is -1.18. The van der Waals surface area contributed by atoms with Crippen molar-refractivity contribution in [1.82, 2.24) is 15.5 Å². The van der Waals surface area contributed by atoms with Gasteiger partial charge in [0.1, 0.15) is 0 Å². The van der Waals surface area contributed by atoms with Gasteiger partial charge in [0.25, 0.3) is 0 Å². The predicted octanol–water partition coefficient (Wildman–Crippen LogP) is 1.06. The zero-order valence-electron chi connectivity index (χ0n) is 13.2. The van der Waals surface area contributed by atoms with Crippen LogP contribution in [0.25, 0.3) is 0 Å². The van der Waals surface area contributed by atoms with Gasteiger partial charge in [-0.25, -0.2) is 0 Å². The Morgan fingerprint density at radius 2 is 2.05 bits per heavy atom. The van der Waals surface area contributed by atoms with E-state index in [4.69, 9.17) is 13.9 Å². The van der Waals surface area contributed by atoms with E-state index >= 15 is 0 Å². The molecule has 1 saturated carbocycles. The maximum atomic E-state index is 5.77. The van der Waals surface area contributed by atoms with E-state index in [0.717, 1.165) is 19.0 Å². The fourth-order valence-electron chi connectivity index (χ4n) is 2.30. The molecule has 1 aliphatic carbocycles. The first kappa shape index (κ1) is 16.2. The third kappa shape index (κ3) is 4.94. The zero-order valence-corrected chi connectivity index (χ0v) is 13.2. The smallest absolute Gasteiger partial charge is 0.318 e. The van der Waals surface area contributed by atoms with E-state index < -0.39 is 0 Å². The van der Waals surface area contributed by atoms with Gasteiger partial charge in [-0.2, -0.15) is 0 Å². The summed E-state index contributed by atoms with van der Waals surface area (Å²) in [4.78, 5) is 2.16. The maximum absolute atomic E-state index is 5.77. The van der Waals surface area contributed by atoms with Gasteiger partial charge in [-0.3, -0.25) is 0 Å². The number of nitrogens with one attached hydrogen (secondary N) is 1. The van der Waals surface area contributed by atoms with Crippen molar-refractivity contribution in [2.45, 2.75) is 32.4 Å². The molecule has 1 aromatic heterocycles. The van der Waals surface area contributed by atoms with Crippen LogP contribution in [0.2, 0.25) is 0 Å². The normalized spacial score (nSPS) is 16.1. The molecule has 0 spiro atoms. The van der Waals surface area contributed by atoms with E-state index in [9.17, 15) is 0 Å². The van der Waals surface area contributed by atoms with Gasteiger partial charge in [-0.1, -0.05) is 5.10 Å². The highest BCUT2D eigenvalue weighted by Gasteiger charge is 2.34. The van der Waals surface area contributed by atoms with Gasteiger partial charge >= 0.3 is 6.01 Å². The average Bonchev–Trinajstić information content (AvgIpc) is 3.24. The van der Waals surface area contributed by atoms with Gasteiger partial charge in [0.05, 0.1) is 19.8 Å². The summed E-state index contributed by atoms with van der Waals surface area (Å²) in [5, 5.41) is 11.5. The molecule has 7 heteroatoms. The van der Waals surface area contributed by atoms with Gasteiger partial charge in [0.2, 0.25) is 5.89 Å². The first-order chi connectivity index (χ1) is 10.3. The Labute approximate surface area is 126 Å². The average molecular weight is 298 g/mol. The second-order valence-electron chi connectivity index (χ2n) is 5.41. The molecule has 21 heavy (non-hydrogen) atoms. The lowest BCUT2D eigenvalue weighted by Crippen LogP contribution is -2.37. The van der Waals surface area contributed by atoms with Gasteiger partial charge in [0.15, 0.2) is 0 Å². The minimum absolute atomic E-state index is 0.412. The van der Waals surface area contributed by atoms with E-state index in [1.807, 2.05) is 0 Å². The Bertz CT molecular complexity index is 409. The zero-order chi connectivity index (χ0) is 15.1. The molecule has 1 aromatic rings. The van der Waals surface area contributed by atoms with E-state index in [1.165, 1.54) is 12.8 Å². The SMILES string of the molecule is COCCNCc1nnc(N(CCOC)C(C)C2CC2)o1. The lowest BCUT2D eigenvalue weighted by atomic mass is 10.2. The highest BCUT2D eigenvalue weighted by Crippen LogP contribution is 2.36. The van der Waals surface area contributed by atoms with Gasteiger partial charge in [-0.15, -0.1) is 5.10 Å². The molecule has 1 unspecified atom stereocenters. The van der Waals surface area contributed by atoms with E-state index in [2.05, 4.69) is 27.3 Å². The van der Waals surface area contributed by atoms with Crippen LogP contribution in [0.1, 0.15) is 25.7 Å². The minimum Gasteiger partial charge on any atom is -0.407 e. The van der Waals surface area contributed by atoms with Crippen LogP contribution < -0.4 is 10.2 Å². The number of nitrogens with zero attached hydrogens (tertiary/aromatic N) is 3. The molecule has 0 radical (unpaired) electrons. The largest absolute Gasteiger partial charge is 0.407 e. The van der Waals surface area contributed by atoms with Crippen LogP contribution in [0, 0.1) is 5.92 Å². The van der Waals surface area contributed by atoms with Crippen LogP contribution in [-0.4, -0.2) is 56.8 Å². The fraction of sp³-hybridized carbons (Fsp3) is 0.857.